The molecule has 1 aliphatic carbocycles. The quantitative estimate of drug-likeness (QED) is 0.884. The maximum absolute atomic E-state index is 9.86. The van der Waals surface area contributed by atoms with Crippen LogP contribution in [0.25, 0.3) is 0 Å². The summed E-state index contributed by atoms with van der Waals surface area (Å²) in [6, 6.07) is 12.3. The molecule has 3 rings (SSSR count). The molecule has 0 saturated carbocycles. The Morgan fingerprint density at radius 3 is 2.95 bits per heavy atom. The van der Waals surface area contributed by atoms with Crippen molar-refractivity contribution in [2.75, 3.05) is 0 Å². The molecular formula is C16H18N2O. The summed E-state index contributed by atoms with van der Waals surface area (Å²) in [4.78, 5) is 4.38. The van der Waals surface area contributed by atoms with Crippen LogP contribution in [-0.4, -0.2) is 10.1 Å². The van der Waals surface area contributed by atoms with E-state index in [-0.39, 0.29) is 6.04 Å². The number of nitrogens with zero attached hydrogens (tertiary/aromatic N) is 1. The van der Waals surface area contributed by atoms with Gasteiger partial charge in [0.1, 0.15) is 5.75 Å². The van der Waals surface area contributed by atoms with Gasteiger partial charge in [0, 0.05) is 18.3 Å². The highest BCUT2D eigenvalue weighted by atomic mass is 16.3. The Morgan fingerprint density at radius 2 is 2.16 bits per heavy atom. The van der Waals surface area contributed by atoms with Crippen molar-refractivity contribution in [2.24, 2.45) is 0 Å². The van der Waals surface area contributed by atoms with Crippen molar-refractivity contribution in [3.63, 3.8) is 0 Å². The summed E-state index contributed by atoms with van der Waals surface area (Å²) >= 11 is 0. The summed E-state index contributed by atoms with van der Waals surface area (Å²) < 4.78 is 0. The Morgan fingerprint density at radius 1 is 1.26 bits per heavy atom. The molecule has 1 aromatic carbocycles. The molecule has 0 bridgehead atoms. The smallest absolute Gasteiger partial charge is 0.119 e. The molecule has 3 heteroatoms. The van der Waals surface area contributed by atoms with E-state index in [0.717, 1.165) is 24.1 Å². The fourth-order valence-corrected chi connectivity index (χ4v) is 2.83. The summed E-state index contributed by atoms with van der Waals surface area (Å²) in [5, 5.41) is 13.5. The third-order valence-corrected chi connectivity index (χ3v) is 3.83. The maximum Gasteiger partial charge on any atom is 0.119 e. The molecule has 3 nitrogen and oxygen atoms in total. The minimum atomic E-state index is 0.208. The van der Waals surface area contributed by atoms with Crippen LogP contribution in [0.1, 0.15) is 42.2 Å². The molecule has 1 unspecified atom stereocenters. The number of fused-ring (bicyclic) bond motifs is 1. The fraction of sp³-hybridized carbons (Fsp3) is 0.312. The third-order valence-electron chi connectivity index (χ3n) is 3.83. The van der Waals surface area contributed by atoms with Gasteiger partial charge in [0.2, 0.25) is 0 Å². The lowest BCUT2D eigenvalue weighted by atomic mass is 10.1. The minimum Gasteiger partial charge on any atom is -0.508 e. The van der Waals surface area contributed by atoms with Crippen LogP contribution in [0.5, 0.6) is 5.75 Å². The first-order valence-electron chi connectivity index (χ1n) is 6.73. The summed E-state index contributed by atoms with van der Waals surface area (Å²) in [5.74, 6) is 0.423. The van der Waals surface area contributed by atoms with E-state index in [0.29, 0.717) is 11.8 Å². The molecule has 2 aromatic rings. The van der Waals surface area contributed by atoms with Crippen molar-refractivity contribution in [1.82, 2.24) is 10.3 Å². The number of aromatic hydroxyl groups is 1. The lowest BCUT2D eigenvalue weighted by Gasteiger charge is -2.20. The van der Waals surface area contributed by atoms with Crippen LogP contribution in [0, 0.1) is 0 Å². The molecule has 1 aliphatic rings. The van der Waals surface area contributed by atoms with Crippen LogP contribution in [0.15, 0.2) is 42.6 Å². The van der Waals surface area contributed by atoms with Gasteiger partial charge in [-0.25, -0.2) is 0 Å². The second kappa shape index (κ2) is 5.02. The highest BCUT2D eigenvalue weighted by Gasteiger charge is 2.25. The van der Waals surface area contributed by atoms with Gasteiger partial charge in [-0.2, -0.15) is 0 Å². The number of phenolic OH excluding ortho intramolecular Hbond substituents is 1. The molecule has 2 atom stereocenters. The summed E-state index contributed by atoms with van der Waals surface area (Å²) in [5.41, 5.74) is 3.37. The van der Waals surface area contributed by atoms with Crippen molar-refractivity contribution < 1.29 is 5.11 Å². The molecule has 0 amide bonds. The Labute approximate surface area is 113 Å². The zero-order chi connectivity index (χ0) is 13.2. The molecule has 19 heavy (non-hydrogen) atoms. The number of benzene rings is 1. The van der Waals surface area contributed by atoms with Gasteiger partial charge in [0.15, 0.2) is 0 Å². The van der Waals surface area contributed by atoms with Gasteiger partial charge in [-0.15, -0.1) is 0 Å². The lowest BCUT2D eigenvalue weighted by molar-refractivity contribution is 0.458. The number of nitrogens with one attached hydrogen (secondary N) is 1. The lowest BCUT2D eigenvalue weighted by Crippen LogP contribution is -2.23. The maximum atomic E-state index is 9.86. The van der Waals surface area contributed by atoms with Crippen molar-refractivity contribution in [3.8, 4) is 5.75 Å². The molecule has 2 N–H and O–H groups in total. The fourth-order valence-electron chi connectivity index (χ4n) is 2.83. The highest BCUT2D eigenvalue weighted by Crippen LogP contribution is 2.37. The number of hydrogen-bond acceptors (Lipinski definition) is 3. The Kier molecular flexibility index (Phi) is 3.22. The van der Waals surface area contributed by atoms with E-state index in [2.05, 4.69) is 23.3 Å². The highest BCUT2D eigenvalue weighted by molar-refractivity contribution is 5.44. The molecule has 1 heterocycles. The summed E-state index contributed by atoms with van der Waals surface area (Å²) in [6.07, 6.45) is 3.79. The first kappa shape index (κ1) is 12.2. The molecule has 0 fully saturated rings. The van der Waals surface area contributed by atoms with E-state index in [4.69, 9.17) is 0 Å². The molecular weight excluding hydrogens is 236 g/mol. The summed E-state index contributed by atoms with van der Waals surface area (Å²) in [6.45, 7) is 2.13. The predicted octanol–water partition coefficient (Wildman–Crippen LogP) is 3.13. The second-order valence-electron chi connectivity index (χ2n) is 5.08. The number of hydrogen-bond donors (Lipinski definition) is 2. The van der Waals surface area contributed by atoms with Gasteiger partial charge in [0.25, 0.3) is 0 Å². The van der Waals surface area contributed by atoms with E-state index in [1.54, 1.807) is 6.07 Å². The largest absolute Gasteiger partial charge is 0.508 e. The Balaban J connectivity index is 1.78. The van der Waals surface area contributed by atoms with Gasteiger partial charge in [-0.3, -0.25) is 4.98 Å². The number of phenols is 1. The number of rotatable bonds is 3. The van der Waals surface area contributed by atoms with Gasteiger partial charge >= 0.3 is 0 Å². The van der Waals surface area contributed by atoms with Crippen molar-refractivity contribution >= 4 is 0 Å². The topological polar surface area (TPSA) is 45.1 Å². The average molecular weight is 254 g/mol. The van der Waals surface area contributed by atoms with Crippen molar-refractivity contribution in [3.05, 3.63) is 59.4 Å². The van der Waals surface area contributed by atoms with E-state index < -0.39 is 0 Å². The molecule has 1 aromatic heterocycles. The number of aromatic nitrogens is 1. The van der Waals surface area contributed by atoms with Crippen LogP contribution >= 0.6 is 0 Å². The van der Waals surface area contributed by atoms with Crippen LogP contribution in [-0.2, 0) is 6.42 Å². The standard InChI is InChI=1S/C16H18N2O/c1-11(14-6-2-3-10-17-14)18-15-9-8-13-12(15)5-4-7-16(13)19/h2-7,10-11,15,18-19H,8-9H2,1H3/t11-,15?/m0/s1. The first-order chi connectivity index (χ1) is 9.25. The molecule has 0 radical (unpaired) electrons. The molecule has 0 aliphatic heterocycles. The van der Waals surface area contributed by atoms with Gasteiger partial charge in [0.05, 0.1) is 5.69 Å². The SMILES string of the molecule is C[C@H](NC1CCc2c(O)cccc21)c1ccccn1. The monoisotopic (exact) mass is 254 g/mol. The third kappa shape index (κ3) is 2.34. The van der Waals surface area contributed by atoms with E-state index in [1.807, 2.05) is 30.5 Å². The number of pyridine rings is 1. The van der Waals surface area contributed by atoms with Gasteiger partial charge in [-0.1, -0.05) is 18.2 Å². The first-order valence-corrected chi connectivity index (χ1v) is 6.73. The molecule has 98 valence electrons. The normalized spacial score (nSPS) is 19.1. The minimum absolute atomic E-state index is 0.208. The van der Waals surface area contributed by atoms with Crippen LogP contribution < -0.4 is 5.32 Å². The second-order valence-corrected chi connectivity index (χ2v) is 5.08. The Hall–Kier alpha value is -1.87. The summed E-state index contributed by atoms with van der Waals surface area (Å²) in [7, 11) is 0. The van der Waals surface area contributed by atoms with Crippen molar-refractivity contribution in [1.29, 1.82) is 0 Å². The van der Waals surface area contributed by atoms with E-state index in [1.165, 1.54) is 5.56 Å². The average Bonchev–Trinajstić information content (AvgIpc) is 2.84. The van der Waals surface area contributed by atoms with Gasteiger partial charge < -0.3 is 10.4 Å². The van der Waals surface area contributed by atoms with Crippen LogP contribution in [0.4, 0.5) is 0 Å². The molecule has 0 saturated heterocycles. The predicted molar refractivity (Wildman–Crippen MR) is 75.0 cm³/mol. The van der Waals surface area contributed by atoms with E-state index in [9.17, 15) is 5.11 Å². The van der Waals surface area contributed by atoms with Crippen LogP contribution in [0.2, 0.25) is 0 Å². The van der Waals surface area contributed by atoms with Crippen LogP contribution in [0.3, 0.4) is 0 Å². The van der Waals surface area contributed by atoms with Crippen molar-refractivity contribution in [2.45, 2.75) is 31.8 Å². The zero-order valence-electron chi connectivity index (χ0n) is 11.0. The van der Waals surface area contributed by atoms with Gasteiger partial charge in [-0.05, 0) is 49.1 Å². The molecule has 0 spiro atoms. The van der Waals surface area contributed by atoms with E-state index >= 15 is 0 Å². The Bertz CT molecular complexity index is 568. The zero-order valence-corrected chi connectivity index (χ0v) is 11.0.